The van der Waals surface area contributed by atoms with Crippen LogP contribution in [0.5, 0.6) is 0 Å². The van der Waals surface area contributed by atoms with Gasteiger partial charge in [0.2, 0.25) is 0 Å². The molecule has 2 saturated heterocycles. The second-order valence-corrected chi connectivity index (χ2v) is 8.42. The zero-order chi connectivity index (χ0) is 19.2. The highest BCUT2D eigenvalue weighted by molar-refractivity contribution is 5.94. The highest BCUT2D eigenvalue weighted by Gasteiger charge is 2.48. The zero-order valence-corrected chi connectivity index (χ0v) is 16.2. The molecule has 5 heteroatoms. The van der Waals surface area contributed by atoms with Gasteiger partial charge in [-0.2, -0.15) is 0 Å². The van der Waals surface area contributed by atoms with Crippen LogP contribution in [0, 0.1) is 18.7 Å². The lowest BCUT2D eigenvalue weighted by Crippen LogP contribution is -2.50. The number of amides is 1. The summed E-state index contributed by atoms with van der Waals surface area (Å²) in [5.74, 6) is 0.275. The average molecular weight is 367 g/mol. The minimum Gasteiger partial charge on any atom is -0.363 e. The SMILES string of the molecule is Cc1cc(C(=O)N2CC[C@H]3[C@@H](C2)CC(C)(C)N3c2cccc(F)c2)ccn1. The largest absolute Gasteiger partial charge is 0.363 e. The van der Waals surface area contributed by atoms with Gasteiger partial charge in [-0.3, -0.25) is 9.78 Å². The zero-order valence-electron chi connectivity index (χ0n) is 16.2. The van der Waals surface area contributed by atoms with E-state index in [4.69, 9.17) is 0 Å². The maximum atomic E-state index is 13.8. The van der Waals surface area contributed by atoms with E-state index in [0.717, 1.165) is 37.3 Å². The number of hydrogen-bond acceptors (Lipinski definition) is 3. The molecule has 0 spiro atoms. The van der Waals surface area contributed by atoms with E-state index in [2.05, 4.69) is 23.7 Å². The van der Waals surface area contributed by atoms with Gasteiger partial charge in [0, 0.05) is 47.8 Å². The van der Waals surface area contributed by atoms with Gasteiger partial charge in [0.25, 0.3) is 5.91 Å². The van der Waals surface area contributed by atoms with Gasteiger partial charge < -0.3 is 9.80 Å². The second kappa shape index (κ2) is 6.63. The first-order valence-corrected chi connectivity index (χ1v) is 9.62. The molecule has 1 amide bonds. The second-order valence-electron chi connectivity index (χ2n) is 8.42. The molecule has 4 rings (SSSR count). The first-order valence-electron chi connectivity index (χ1n) is 9.62. The number of halogens is 1. The molecule has 2 aromatic rings. The van der Waals surface area contributed by atoms with Crippen molar-refractivity contribution in [2.45, 2.75) is 45.2 Å². The minimum atomic E-state index is -0.201. The van der Waals surface area contributed by atoms with Crippen molar-refractivity contribution >= 4 is 11.6 Å². The van der Waals surface area contributed by atoms with Gasteiger partial charge in [-0.25, -0.2) is 4.39 Å². The van der Waals surface area contributed by atoms with Crippen LogP contribution in [0.4, 0.5) is 10.1 Å². The fourth-order valence-corrected chi connectivity index (χ4v) is 4.96. The topological polar surface area (TPSA) is 36.4 Å². The van der Waals surface area contributed by atoms with Crippen LogP contribution >= 0.6 is 0 Å². The average Bonchev–Trinajstić information content (AvgIpc) is 2.89. The summed E-state index contributed by atoms with van der Waals surface area (Å²) >= 11 is 0. The Morgan fingerprint density at radius 1 is 1.26 bits per heavy atom. The van der Waals surface area contributed by atoms with Crippen molar-refractivity contribution in [1.29, 1.82) is 0 Å². The normalized spacial score (nSPS) is 24.0. The number of carbonyl (C=O) groups is 1. The molecule has 1 aromatic carbocycles. The lowest BCUT2D eigenvalue weighted by atomic mass is 9.89. The third-order valence-electron chi connectivity index (χ3n) is 5.96. The Bertz CT molecular complexity index is 866. The predicted molar refractivity (Wildman–Crippen MR) is 104 cm³/mol. The van der Waals surface area contributed by atoms with Gasteiger partial charge in [0.15, 0.2) is 0 Å². The van der Waals surface area contributed by atoms with Crippen LogP contribution in [0.1, 0.15) is 42.7 Å². The summed E-state index contributed by atoms with van der Waals surface area (Å²) in [4.78, 5) is 21.5. The fourth-order valence-electron chi connectivity index (χ4n) is 4.96. The molecule has 4 nitrogen and oxygen atoms in total. The molecule has 0 bridgehead atoms. The lowest BCUT2D eigenvalue weighted by molar-refractivity contribution is 0.0667. The molecule has 2 aliphatic heterocycles. The Hall–Kier alpha value is -2.43. The van der Waals surface area contributed by atoms with Gasteiger partial charge in [0.1, 0.15) is 5.82 Å². The Labute approximate surface area is 160 Å². The molecule has 3 heterocycles. The number of aryl methyl sites for hydroxylation is 1. The molecule has 0 radical (unpaired) electrons. The van der Waals surface area contributed by atoms with Gasteiger partial charge in [-0.05, 0) is 69.9 Å². The number of nitrogens with zero attached hydrogens (tertiary/aromatic N) is 3. The van der Waals surface area contributed by atoms with E-state index in [1.54, 1.807) is 24.4 Å². The van der Waals surface area contributed by atoms with Crippen LogP contribution in [-0.2, 0) is 0 Å². The number of likely N-dealkylation sites (tertiary alicyclic amines) is 1. The van der Waals surface area contributed by atoms with Gasteiger partial charge >= 0.3 is 0 Å². The number of piperidine rings is 1. The molecule has 2 aliphatic rings. The smallest absolute Gasteiger partial charge is 0.253 e. The van der Waals surface area contributed by atoms with E-state index < -0.39 is 0 Å². The van der Waals surface area contributed by atoms with Crippen LogP contribution in [0.3, 0.4) is 0 Å². The summed E-state index contributed by atoms with van der Waals surface area (Å²) < 4.78 is 13.8. The Morgan fingerprint density at radius 2 is 2.07 bits per heavy atom. The molecule has 0 saturated carbocycles. The summed E-state index contributed by atoms with van der Waals surface area (Å²) in [6.45, 7) is 7.81. The molecule has 1 aromatic heterocycles. The van der Waals surface area contributed by atoms with Crippen molar-refractivity contribution in [1.82, 2.24) is 9.88 Å². The molecular weight excluding hydrogens is 341 g/mol. The van der Waals surface area contributed by atoms with Crippen LogP contribution in [0.25, 0.3) is 0 Å². The summed E-state index contributed by atoms with van der Waals surface area (Å²) in [5.41, 5.74) is 2.45. The number of carbonyl (C=O) groups excluding carboxylic acids is 1. The van der Waals surface area contributed by atoms with E-state index in [1.165, 1.54) is 6.07 Å². The number of anilines is 1. The number of aromatic nitrogens is 1. The van der Waals surface area contributed by atoms with Crippen molar-refractivity contribution in [2.24, 2.45) is 5.92 Å². The van der Waals surface area contributed by atoms with Crippen molar-refractivity contribution in [2.75, 3.05) is 18.0 Å². The van der Waals surface area contributed by atoms with E-state index in [9.17, 15) is 9.18 Å². The number of hydrogen-bond donors (Lipinski definition) is 0. The summed E-state index contributed by atoms with van der Waals surface area (Å²) in [6, 6.07) is 10.9. The molecular formula is C22H26FN3O. The van der Waals surface area contributed by atoms with Crippen molar-refractivity contribution in [3.8, 4) is 0 Å². The molecule has 0 unspecified atom stereocenters. The Kier molecular flexibility index (Phi) is 4.41. The van der Waals surface area contributed by atoms with Crippen molar-refractivity contribution in [3.05, 3.63) is 59.7 Å². The predicted octanol–water partition coefficient (Wildman–Crippen LogP) is 4.05. The Morgan fingerprint density at radius 3 is 2.81 bits per heavy atom. The minimum absolute atomic E-state index is 0.0601. The third-order valence-corrected chi connectivity index (χ3v) is 5.96. The van der Waals surface area contributed by atoms with Gasteiger partial charge in [-0.15, -0.1) is 0 Å². The van der Waals surface area contributed by atoms with Crippen LogP contribution < -0.4 is 4.90 Å². The summed E-state index contributed by atoms with van der Waals surface area (Å²) in [6.07, 6.45) is 3.59. The monoisotopic (exact) mass is 367 g/mol. The van der Waals surface area contributed by atoms with E-state index in [-0.39, 0.29) is 17.3 Å². The first kappa shape index (κ1) is 18.0. The molecule has 2 fully saturated rings. The first-order chi connectivity index (χ1) is 12.8. The number of rotatable bonds is 2. The summed E-state index contributed by atoms with van der Waals surface area (Å²) in [7, 11) is 0. The van der Waals surface area contributed by atoms with Crippen LogP contribution in [0.2, 0.25) is 0 Å². The maximum absolute atomic E-state index is 13.8. The van der Waals surface area contributed by atoms with E-state index >= 15 is 0 Å². The van der Waals surface area contributed by atoms with Crippen LogP contribution in [-0.4, -0.2) is 40.5 Å². The highest BCUT2D eigenvalue weighted by atomic mass is 19.1. The molecule has 0 aliphatic carbocycles. The highest BCUT2D eigenvalue weighted by Crippen LogP contribution is 2.44. The Balaban J connectivity index is 1.55. The third kappa shape index (κ3) is 3.31. The molecule has 142 valence electrons. The van der Waals surface area contributed by atoms with Crippen molar-refractivity contribution in [3.63, 3.8) is 0 Å². The lowest BCUT2D eigenvalue weighted by Gasteiger charge is -2.42. The fraction of sp³-hybridized carbons (Fsp3) is 0.455. The quantitative estimate of drug-likeness (QED) is 0.803. The van der Waals surface area contributed by atoms with E-state index in [0.29, 0.717) is 17.5 Å². The van der Waals surface area contributed by atoms with Crippen molar-refractivity contribution < 1.29 is 9.18 Å². The van der Waals surface area contributed by atoms with Gasteiger partial charge in [-0.1, -0.05) is 6.07 Å². The van der Waals surface area contributed by atoms with E-state index in [1.807, 2.05) is 24.0 Å². The van der Waals surface area contributed by atoms with Crippen LogP contribution in [0.15, 0.2) is 42.6 Å². The summed E-state index contributed by atoms with van der Waals surface area (Å²) in [5, 5.41) is 0. The molecule has 27 heavy (non-hydrogen) atoms. The number of fused-ring (bicyclic) bond motifs is 1. The number of pyridine rings is 1. The maximum Gasteiger partial charge on any atom is 0.253 e. The molecule has 2 atom stereocenters. The number of benzene rings is 1. The van der Waals surface area contributed by atoms with Gasteiger partial charge in [0.05, 0.1) is 0 Å². The molecule has 0 N–H and O–H groups in total. The standard InChI is InChI=1S/C22H26FN3O/c1-15-11-16(7-9-24-15)21(27)25-10-8-20-17(14-25)13-22(2,3)26(20)19-6-4-5-18(23)12-19/h4-7,9,11-12,17,20H,8,10,13-14H2,1-3H3/t17-,20+/m1/s1.